The van der Waals surface area contributed by atoms with Crippen LogP contribution < -0.4 is 5.32 Å². The van der Waals surface area contributed by atoms with Gasteiger partial charge >= 0.3 is 0 Å². The number of non-ortho nitro benzene ring substituents is 1. The molecule has 1 heterocycles. The molecule has 2 aromatic rings. The number of nitro groups is 1. The Bertz CT molecular complexity index is 853. The van der Waals surface area contributed by atoms with E-state index in [0.29, 0.717) is 12.4 Å². The number of hydrogen-bond acceptors (Lipinski definition) is 5. The van der Waals surface area contributed by atoms with Gasteiger partial charge in [0.15, 0.2) is 0 Å². The molecule has 0 aromatic heterocycles. The molecule has 2 aliphatic rings. The zero-order valence-corrected chi connectivity index (χ0v) is 13.5. The van der Waals surface area contributed by atoms with Crippen molar-refractivity contribution in [3.8, 4) is 0 Å². The summed E-state index contributed by atoms with van der Waals surface area (Å²) in [7, 11) is 0. The van der Waals surface area contributed by atoms with Gasteiger partial charge < -0.3 is 10.1 Å². The smallest absolute Gasteiger partial charge is 0.269 e. The summed E-state index contributed by atoms with van der Waals surface area (Å²) in [5.74, 6) is 0.529. The fraction of sp³-hybridized carbons (Fsp3) is 0.211. The first kappa shape index (κ1) is 15.4. The highest BCUT2D eigenvalue weighted by Gasteiger charge is 2.48. The fourth-order valence-electron chi connectivity index (χ4n) is 2.96. The Morgan fingerprint density at radius 1 is 1.08 bits per heavy atom. The van der Waals surface area contributed by atoms with Gasteiger partial charge in [0.1, 0.15) is 11.3 Å². The van der Waals surface area contributed by atoms with Crippen molar-refractivity contribution in [2.75, 3.05) is 6.54 Å². The van der Waals surface area contributed by atoms with Crippen LogP contribution in [0.2, 0.25) is 0 Å². The van der Waals surface area contributed by atoms with E-state index >= 15 is 0 Å². The monoisotopic (exact) mass is 335 g/mol. The molecule has 0 bridgehead atoms. The van der Waals surface area contributed by atoms with Gasteiger partial charge in [0.05, 0.1) is 11.5 Å². The van der Waals surface area contributed by atoms with Crippen molar-refractivity contribution in [3.05, 3.63) is 81.7 Å². The molecule has 6 nitrogen and oxygen atoms in total. The largest absolute Gasteiger partial charge is 0.465 e. The van der Waals surface area contributed by atoms with Crippen molar-refractivity contribution in [1.29, 1.82) is 0 Å². The Balaban J connectivity index is 1.66. The van der Waals surface area contributed by atoms with E-state index < -0.39 is 4.92 Å². The summed E-state index contributed by atoms with van der Waals surface area (Å²) in [6.07, 6.45) is 3.67. The lowest BCUT2D eigenvalue weighted by molar-refractivity contribution is -0.384. The summed E-state index contributed by atoms with van der Waals surface area (Å²) in [6, 6.07) is 16.5. The molecule has 0 radical (unpaired) electrons. The first-order chi connectivity index (χ1) is 12.2. The molecule has 1 aliphatic carbocycles. The van der Waals surface area contributed by atoms with Crippen LogP contribution in [0.4, 0.5) is 5.69 Å². The molecule has 0 spiro atoms. The Morgan fingerprint density at radius 2 is 1.80 bits per heavy atom. The van der Waals surface area contributed by atoms with E-state index in [1.54, 1.807) is 18.3 Å². The van der Waals surface area contributed by atoms with Gasteiger partial charge in [-0.25, -0.2) is 4.99 Å². The number of nitrogens with zero attached hydrogens (tertiary/aromatic N) is 2. The maximum absolute atomic E-state index is 10.8. The third-order valence-electron chi connectivity index (χ3n) is 4.46. The van der Waals surface area contributed by atoms with E-state index in [2.05, 4.69) is 22.4 Å². The van der Waals surface area contributed by atoms with Crippen molar-refractivity contribution in [1.82, 2.24) is 5.32 Å². The minimum absolute atomic E-state index is 0.0640. The number of benzene rings is 2. The summed E-state index contributed by atoms with van der Waals surface area (Å²) >= 11 is 0. The summed E-state index contributed by atoms with van der Waals surface area (Å²) in [5, 5.41) is 14.1. The third kappa shape index (κ3) is 2.98. The van der Waals surface area contributed by atoms with E-state index in [-0.39, 0.29) is 11.3 Å². The summed E-state index contributed by atoms with van der Waals surface area (Å²) in [5.41, 5.74) is 2.47. The van der Waals surface area contributed by atoms with Crippen LogP contribution in [-0.4, -0.2) is 17.7 Å². The summed E-state index contributed by atoms with van der Waals surface area (Å²) in [4.78, 5) is 14.9. The molecule has 126 valence electrons. The standard InChI is InChI=1S/C19H17N3O3/c23-22(24)16-8-6-14(7-9-16)17-18(21-13-12-20-17)25-19(10-11-19)15-4-2-1-3-5-15/h1-9,13,20H,10-12H2. The average Bonchev–Trinajstić information content (AvgIpc) is 3.44. The minimum atomic E-state index is -0.406. The van der Waals surface area contributed by atoms with E-state index in [1.165, 1.54) is 12.1 Å². The average molecular weight is 335 g/mol. The molecule has 1 aliphatic heterocycles. The quantitative estimate of drug-likeness (QED) is 0.669. The molecule has 4 rings (SSSR count). The van der Waals surface area contributed by atoms with Gasteiger partial charge in [-0.05, 0) is 30.5 Å². The van der Waals surface area contributed by atoms with E-state index in [0.717, 1.165) is 29.7 Å². The van der Waals surface area contributed by atoms with Crippen LogP contribution in [0.15, 0.2) is 65.5 Å². The van der Waals surface area contributed by atoms with Gasteiger partial charge in [-0.1, -0.05) is 30.3 Å². The minimum Gasteiger partial charge on any atom is -0.465 e. The molecule has 0 unspecified atom stereocenters. The topological polar surface area (TPSA) is 76.8 Å². The molecule has 1 N–H and O–H groups in total. The molecule has 0 atom stereocenters. The normalized spacial score (nSPS) is 17.8. The second kappa shape index (κ2) is 6.05. The van der Waals surface area contributed by atoms with Gasteiger partial charge in [-0.3, -0.25) is 10.1 Å². The van der Waals surface area contributed by atoms with Crippen molar-refractivity contribution < 1.29 is 9.66 Å². The fourth-order valence-corrected chi connectivity index (χ4v) is 2.96. The summed E-state index contributed by atoms with van der Waals surface area (Å²) in [6.45, 7) is 0.595. The molecule has 2 aromatic carbocycles. The number of hydrogen-bond donors (Lipinski definition) is 1. The highest BCUT2D eigenvalue weighted by Crippen LogP contribution is 2.51. The predicted molar refractivity (Wildman–Crippen MR) is 95.0 cm³/mol. The third-order valence-corrected chi connectivity index (χ3v) is 4.46. The van der Waals surface area contributed by atoms with Crippen LogP contribution in [0.25, 0.3) is 5.70 Å². The molecule has 0 amide bonds. The van der Waals surface area contributed by atoms with Crippen LogP contribution in [0.3, 0.4) is 0 Å². The second-order valence-corrected chi connectivity index (χ2v) is 6.14. The van der Waals surface area contributed by atoms with Gasteiger partial charge in [-0.15, -0.1) is 0 Å². The molecule has 6 heteroatoms. The lowest BCUT2D eigenvalue weighted by Crippen LogP contribution is -2.23. The van der Waals surface area contributed by atoms with Crippen LogP contribution >= 0.6 is 0 Å². The molecule has 0 saturated heterocycles. The van der Waals surface area contributed by atoms with Gasteiger partial charge in [0.25, 0.3) is 5.69 Å². The first-order valence-electron chi connectivity index (χ1n) is 8.18. The van der Waals surface area contributed by atoms with Crippen molar-refractivity contribution in [2.45, 2.75) is 18.4 Å². The first-order valence-corrected chi connectivity index (χ1v) is 8.18. The lowest BCUT2D eigenvalue weighted by atomic mass is 10.1. The van der Waals surface area contributed by atoms with Gasteiger partial charge in [-0.2, -0.15) is 0 Å². The Morgan fingerprint density at radius 3 is 2.44 bits per heavy atom. The second-order valence-electron chi connectivity index (χ2n) is 6.14. The van der Waals surface area contributed by atoms with Crippen molar-refractivity contribution >= 4 is 17.6 Å². The van der Waals surface area contributed by atoms with E-state index in [9.17, 15) is 10.1 Å². The number of rotatable bonds is 5. The Labute approximate surface area is 145 Å². The Hall–Kier alpha value is -3.15. The SMILES string of the molecule is O=[N+]([O-])c1ccc(C2=C(OC3(c4ccccc4)CC3)N=CCN2)cc1. The van der Waals surface area contributed by atoms with Crippen LogP contribution in [-0.2, 0) is 10.3 Å². The van der Waals surface area contributed by atoms with Crippen LogP contribution in [0.5, 0.6) is 0 Å². The Kier molecular flexibility index (Phi) is 3.72. The van der Waals surface area contributed by atoms with Crippen molar-refractivity contribution in [3.63, 3.8) is 0 Å². The maximum atomic E-state index is 10.8. The van der Waals surface area contributed by atoms with Gasteiger partial charge in [0, 0.05) is 23.9 Å². The molecule has 25 heavy (non-hydrogen) atoms. The highest BCUT2D eigenvalue weighted by molar-refractivity contribution is 5.75. The molecule has 1 saturated carbocycles. The highest BCUT2D eigenvalue weighted by atomic mass is 16.6. The van der Waals surface area contributed by atoms with Crippen molar-refractivity contribution in [2.24, 2.45) is 4.99 Å². The zero-order valence-electron chi connectivity index (χ0n) is 13.5. The number of nitro benzene ring substituents is 1. The molecular formula is C19H17N3O3. The molecule has 1 fully saturated rings. The number of nitrogens with one attached hydrogen (secondary N) is 1. The van der Waals surface area contributed by atoms with E-state index in [1.807, 2.05) is 18.2 Å². The van der Waals surface area contributed by atoms with Gasteiger partial charge in [0.2, 0.25) is 5.88 Å². The lowest BCUT2D eigenvalue weighted by Gasteiger charge is -2.23. The zero-order chi connectivity index (χ0) is 17.3. The number of ether oxygens (including phenoxy) is 1. The number of aliphatic imine (C=N–C) groups is 1. The maximum Gasteiger partial charge on any atom is 0.269 e. The summed E-state index contributed by atoms with van der Waals surface area (Å²) < 4.78 is 6.31. The predicted octanol–water partition coefficient (Wildman–Crippen LogP) is 3.60. The van der Waals surface area contributed by atoms with E-state index in [4.69, 9.17) is 4.74 Å². The molecular weight excluding hydrogens is 318 g/mol. The van der Waals surface area contributed by atoms with Crippen LogP contribution in [0.1, 0.15) is 24.0 Å². The van der Waals surface area contributed by atoms with Crippen LogP contribution in [0, 0.1) is 10.1 Å².